The largest absolute Gasteiger partial charge is 0.361 e. The second kappa shape index (κ2) is 10.7. The number of guanidine groups is 1. The van der Waals surface area contributed by atoms with Crippen molar-refractivity contribution in [2.75, 3.05) is 7.05 Å². The Labute approximate surface area is 169 Å². The first-order valence-corrected chi connectivity index (χ1v) is 8.23. The van der Waals surface area contributed by atoms with Gasteiger partial charge in [-0.3, -0.25) is 15.1 Å². The molecule has 2 aromatic rings. The fourth-order valence-electron chi connectivity index (χ4n) is 2.55. The van der Waals surface area contributed by atoms with Gasteiger partial charge in [0.1, 0.15) is 5.76 Å². The summed E-state index contributed by atoms with van der Waals surface area (Å²) < 4.78 is 5.35. The van der Waals surface area contributed by atoms with Crippen molar-refractivity contribution < 1.29 is 9.45 Å². The van der Waals surface area contributed by atoms with E-state index in [0.717, 1.165) is 29.9 Å². The lowest BCUT2D eigenvalue weighted by molar-refractivity contribution is -0.385. The van der Waals surface area contributed by atoms with E-state index >= 15 is 0 Å². The summed E-state index contributed by atoms with van der Waals surface area (Å²) in [6.07, 6.45) is 1.56. The maximum absolute atomic E-state index is 11.1. The Balaban J connectivity index is 0.00000338. The van der Waals surface area contributed by atoms with E-state index in [0.29, 0.717) is 24.6 Å². The predicted molar refractivity (Wildman–Crippen MR) is 111 cm³/mol. The molecule has 26 heavy (non-hydrogen) atoms. The molecule has 0 spiro atoms. The topological polar surface area (TPSA) is 106 Å². The molecule has 0 atom stereocenters. The quantitative estimate of drug-likeness (QED) is 0.210. The summed E-state index contributed by atoms with van der Waals surface area (Å²) in [5, 5.41) is 21.5. The summed E-state index contributed by atoms with van der Waals surface area (Å²) in [5.41, 5.74) is 2.66. The number of aryl methyl sites for hydroxylation is 2. The molecule has 0 unspecified atom stereocenters. The first-order valence-electron chi connectivity index (χ1n) is 8.23. The van der Waals surface area contributed by atoms with Gasteiger partial charge in [-0.15, -0.1) is 24.0 Å². The number of nitro groups is 1. The van der Waals surface area contributed by atoms with Crippen LogP contribution in [0.2, 0.25) is 0 Å². The van der Waals surface area contributed by atoms with Crippen LogP contribution in [0.1, 0.15) is 36.4 Å². The van der Waals surface area contributed by atoms with Crippen molar-refractivity contribution in [3.8, 4) is 0 Å². The lowest BCUT2D eigenvalue weighted by Gasteiger charge is -2.12. The van der Waals surface area contributed by atoms with Crippen LogP contribution in [0.3, 0.4) is 0 Å². The monoisotopic (exact) mass is 473 g/mol. The molecule has 1 heterocycles. The molecule has 9 heteroatoms. The third-order valence-corrected chi connectivity index (χ3v) is 3.90. The number of aromatic nitrogens is 1. The van der Waals surface area contributed by atoms with Crippen LogP contribution in [0.25, 0.3) is 0 Å². The van der Waals surface area contributed by atoms with Crippen molar-refractivity contribution in [3.63, 3.8) is 0 Å². The van der Waals surface area contributed by atoms with E-state index in [2.05, 4.69) is 20.8 Å². The minimum atomic E-state index is -0.384. The normalized spacial score (nSPS) is 11.0. The van der Waals surface area contributed by atoms with E-state index in [9.17, 15) is 10.1 Å². The van der Waals surface area contributed by atoms with Crippen molar-refractivity contribution >= 4 is 35.6 Å². The number of aliphatic imine (C=N–C) groups is 1. The zero-order valence-corrected chi connectivity index (χ0v) is 17.4. The first kappa shape index (κ1) is 21.9. The minimum Gasteiger partial charge on any atom is -0.361 e. The van der Waals surface area contributed by atoms with Crippen molar-refractivity contribution in [1.29, 1.82) is 0 Å². The SMILES string of the molecule is CCc1noc(CC)c1CNC(=NC)NCc1ccccc1[N+](=O)[O-].I. The van der Waals surface area contributed by atoms with Crippen LogP contribution in [0.5, 0.6) is 0 Å². The minimum absolute atomic E-state index is 0. The smallest absolute Gasteiger partial charge is 0.274 e. The van der Waals surface area contributed by atoms with Gasteiger partial charge in [0, 0.05) is 43.8 Å². The summed E-state index contributed by atoms with van der Waals surface area (Å²) >= 11 is 0. The molecule has 0 aliphatic rings. The zero-order chi connectivity index (χ0) is 18.2. The van der Waals surface area contributed by atoms with Crippen LogP contribution >= 0.6 is 24.0 Å². The van der Waals surface area contributed by atoms with Gasteiger partial charge in [-0.05, 0) is 6.42 Å². The number of para-hydroxylation sites is 1. The molecule has 0 bridgehead atoms. The average molecular weight is 473 g/mol. The fraction of sp³-hybridized carbons (Fsp3) is 0.412. The first-order chi connectivity index (χ1) is 12.1. The highest BCUT2D eigenvalue weighted by Gasteiger charge is 2.15. The Morgan fingerprint density at radius 2 is 1.92 bits per heavy atom. The van der Waals surface area contributed by atoms with Crippen LogP contribution in [0.15, 0.2) is 33.8 Å². The molecule has 2 N–H and O–H groups in total. The lowest BCUT2D eigenvalue weighted by atomic mass is 10.1. The van der Waals surface area contributed by atoms with E-state index < -0.39 is 0 Å². The van der Waals surface area contributed by atoms with Gasteiger partial charge in [0.25, 0.3) is 5.69 Å². The Morgan fingerprint density at radius 3 is 2.54 bits per heavy atom. The average Bonchev–Trinajstić information content (AvgIpc) is 3.04. The number of halogens is 1. The summed E-state index contributed by atoms with van der Waals surface area (Å²) in [7, 11) is 1.66. The highest BCUT2D eigenvalue weighted by molar-refractivity contribution is 14.0. The van der Waals surface area contributed by atoms with Crippen molar-refractivity contribution in [2.45, 2.75) is 39.8 Å². The molecule has 142 valence electrons. The van der Waals surface area contributed by atoms with Crippen LogP contribution in [0, 0.1) is 10.1 Å². The second-order valence-corrected chi connectivity index (χ2v) is 5.40. The van der Waals surface area contributed by atoms with Crippen LogP contribution < -0.4 is 10.6 Å². The molecule has 0 aliphatic heterocycles. The summed E-state index contributed by atoms with van der Waals surface area (Å²) in [6, 6.07) is 6.64. The molecule has 0 fully saturated rings. The van der Waals surface area contributed by atoms with Gasteiger partial charge in [0.05, 0.1) is 10.6 Å². The van der Waals surface area contributed by atoms with Crippen molar-refractivity contribution in [2.24, 2.45) is 4.99 Å². The lowest BCUT2D eigenvalue weighted by Crippen LogP contribution is -2.36. The number of nitrogens with one attached hydrogen (secondary N) is 2. The Bertz CT molecular complexity index is 739. The molecule has 0 aliphatic carbocycles. The number of benzene rings is 1. The molecule has 0 amide bonds. The highest BCUT2D eigenvalue weighted by atomic mass is 127. The van der Waals surface area contributed by atoms with E-state index in [1.54, 1.807) is 25.2 Å². The number of hydrogen-bond acceptors (Lipinski definition) is 5. The molecule has 2 rings (SSSR count). The summed E-state index contributed by atoms with van der Waals surface area (Å²) in [6.45, 7) is 4.89. The Morgan fingerprint density at radius 1 is 1.23 bits per heavy atom. The predicted octanol–water partition coefficient (Wildman–Crippen LogP) is 3.19. The number of rotatable bonds is 7. The second-order valence-electron chi connectivity index (χ2n) is 5.40. The van der Waals surface area contributed by atoms with Gasteiger partial charge >= 0.3 is 0 Å². The van der Waals surface area contributed by atoms with Gasteiger partial charge in [0.2, 0.25) is 0 Å². The number of hydrogen-bond donors (Lipinski definition) is 2. The van der Waals surface area contributed by atoms with E-state index in [-0.39, 0.29) is 34.6 Å². The Hall–Kier alpha value is -2.17. The van der Waals surface area contributed by atoms with Gasteiger partial charge in [-0.25, -0.2) is 0 Å². The fourth-order valence-corrected chi connectivity index (χ4v) is 2.55. The highest BCUT2D eigenvalue weighted by Crippen LogP contribution is 2.17. The van der Waals surface area contributed by atoms with E-state index in [1.807, 2.05) is 13.8 Å². The number of nitro benzene ring substituents is 1. The van der Waals surface area contributed by atoms with E-state index in [1.165, 1.54) is 6.07 Å². The number of nitrogens with zero attached hydrogens (tertiary/aromatic N) is 3. The third-order valence-electron chi connectivity index (χ3n) is 3.90. The van der Waals surface area contributed by atoms with Gasteiger partial charge in [-0.2, -0.15) is 0 Å². The summed E-state index contributed by atoms with van der Waals surface area (Å²) in [5.74, 6) is 1.42. The van der Waals surface area contributed by atoms with Gasteiger partial charge in [-0.1, -0.05) is 37.2 Å². The summed E-state index contributed by atoms with van der Waals surface area (Å²) in [4.78, 5) is 14.9. The molecule has 0 saturated heterocycles. The van der Waals surface area contributed by atoms with Crippen LogP contribution in [-0.4, -0.2) is 23.1 Å². The maximum atomic E-state index is 11.1. The molecule has 0 radical (unpaired) electrons. The van der Waals surface area contributed by atoms with Gasteiger partial charge in [0.15, 0.2) is 5.96 Å². The molecule has 0 saturated carbocycles. The third kappa shape index (κ3) is 5.41. The van der Waals surface area contributed by atoms with E-state index in [4.69, 9.17) is 4.52 Å². The van der Waals surface area contributed by atoms with Crippen molar-refractivity contribution in [1.82, 2.24) is 15.8 Å². The van der Waals surface area contributed by atoms with Crippen LogP contribution in [0.4, 0.5) is 5.69 Å². The molecular formula is C17H24IN5O3. The standard InChI is InChI=1S/C17H23N5O3.HI/c1-4-14-13(16(5-2)25-21-14)11-20-17(18-3)19-10-12-8-6-7-9-15(12)22(23)24;/h6-9H,4-5,10-11H2,1-3H3,(H2,18,19,20);1H. The molecule has 8 nitrogen and oxygen atoms in total. The van der Waals surface area contributed by atoms with Crippen LogP contribution in [-0.2, 0) is 25.9 Å². The molecule has 1 aromatic carbocycles. The molecule has 1 aromatic heterocycles. The van der Waals surface area contributed by atoms with Crippen molar-refractivity contribution in [3.05, 3.63) is 57.0 Å². The van der Waals surface area contributed by atoms with Gasteiger partial charge < -0.3 is 15.2 Å². The maximum Gasteiger partial charge on any atom is 0.274 e. The Kier molecular flexibility index (Phi) is 9.03. The zero-order valence-electron chi connectivity index (χ0n) is 15.1. The molecular weight excluding hydrogens is 449 g/mol.